The predicted molar refractivity (Wildman–Crippen MR) is 128 cm³/mol. The number of carbonyl (C=O) groups is 2. The molecule has 2 aliphatic heterocycles. The largest absolute Gasteiger partial charge is 0.367 e. The number of nitrogens with zero attached hydrogens (tertiary/aromatic N) is 4. The van der Waals surface area contributed by atoms with Gasteiger partial charge >= 0.3 is 0 Å². The molecule has 0 radical (unpaired) electrons. The Bertz CT molecular complexity index is 968. The average Bonchev–Trinajstić information content (AvgIpc) is 2.84. The molecule has 2 saturated heterocycles. The maximum atomic E-state index is 14.5. The number of carbonyl (C=O) groups excluding carboxylic acids is 2. The molecule has 0 saturated carbocycles. The number of hydrogen-bond acceptors (Lipinski definition) is 5. The third-order valence-electron chi connectivity index (χ3n) is 6.92. The number of halogens is 1. The van der Waals surface area contributed by atoms with Crippen LogP contribution >= 0.6 is 0 Å². The van der Waals surface area contributed by atoms with Gasteiger partial charge in [-0.3, -0.25) is 19.4 Å². The first-order valence-corrected chi connectivity index (χ1v) is 11.8. The highest BCUT2D eigenvalue weighted by Gasteiger charge is 2.27. The van der Waals surface area contributed by atoms with E-state index in [1.165, 1.54) is 18.6 Å². The maximum absolute atomic E-state index is 14.5. The third kappa shape index (κ3) is 5.60. The molecule has 0 N–H and O–H groups in total. The van der Waals surface area contributed by atoms with E-state index in [9.17, 15) is 14.0 Å². The number of ketones is 1. The summed E-state index contributed by atoms with van der Waals surface area (Å²) in [5.74, 6) is -0.332. The summed E-state index contributed by atoms with van der Waals surface area (Å²) in [6, 6.07) is 15.5. The zero-order chi connectivity index (χ0) is 23.4. The van der Waals surface area contributed by atoms with Gasteiger partial charge in [-0.05, 0) is 37.6 Å². The van der Waals surface area contributed by atoms with Crippen molar-refractivity contribution < 1.29 is 14.0 Å². The third-order valence-corrected chi connectivity index (χ3v) is 6.92. The van der Waals surface area contributed by atoms with Crippen LogP contribution in [0.1, 0.15) is 35.8 Å². The second kappa shape index (κ2) is 10.4. The second-order valence-corrected chi connectivity index (χ2v) is 8.99. The van der Waals surface area contributed by atoms with Crippen molar-refractivity contribution in [1.29, 1.82) is 0 Å². The molecule has 33 heavy (non-hydrogen) atoms. The predicted octanol–water partition coefficient (Wildman–Crippen LogP) is 3.06. The van der Waals surface area contributed by atoms with Crippen LogP contribution in [0.3, 0.4) is 0 Å². The van der Waals surface area contributed by atoms with Gasteiger partial charge in [-0.25, -0.2) is 4.39 Å². The SMILES string of the molecule is CC(=O)c1ccc(N2CCN(CC(=O)N3CCN(C(C)c4ccccc4)CC3)CC2)c(F)c1. The number of benzene rings is 2. The van der Waals surface area contributed by atoms with Gasteiger partial charge < -0.3 is 9.80 Å². The summed E-state index contributed by atoms with van der Waals surface area (Å²) in [6.45, 7) is 10.1. The number of amides is 1. The van der Waals surface area contributed by atoms with Crippen molar-refractivity contribution in [3.63, 3.8) is 0 Å². The van der Waals surface area contributed by atoms with Gasteiger partial charge in [0.25, 0.3) is 0 Å². The molecule has 2 fully saturated rings. The van der Waals surface area contributed by atoms with E-state index < -0.39 is 0 Å². The average molecular weight is 453 g/mol. The molecule has 0 aliphatic carbocycles. The van der Waals surface area contributed by atoms with E-state index >= 15 is 0 Å². The van der Waals surface area contributed by atoms with Crippen molar-refractivity contribution in [3.8, 4) is 0 Å². The normalized spacial score (nSPS) is 18.9. The van der Waals surface area contributed by atoms with Crippen molar-refractivity contribution in [2.75, 3.05) is 63.8 Å². The van der Waals surface area contributed by atoms with Crippen LogP contribution in [0.25, 0.3) is 0 Å². The van der Waals surface area contributed by atoms with Crippen LogP contribution in [0, 0.1) is 5.82 Å². The van der Waals surface area contributed by atoms with Crippen LogP contribution in [-0.4, -0.2) is 85.3 Å². The Labute approximate surface area is 195 Å². The Balaban J connectivity index is 1.23. The molecule has 2 heterocycles. The Hall–Kier alpha value is -2.77. The molecule has 176 valence electrons. The minimum Gasteiger partial charge on any atom is -0.367 e. The Kier molecular flexibility index (Phi) is 7.40. The molecule has 2 aromatic carbocycles. The van der Waals surface area contributed by atoms with Crippen molar-refractivity contribution >= 4 is 17.4 Å². The van der Waals surface area contributed by atoms with E-state index in [-0.39, 0.29) is 17.5 Å². The fourth-order valence-corrected chi connectivity index (χ4v) is 4.72. The lowest BCUT2D eigenvalue weighted by Crippen LogP contribution is -2.54. The van der Waals surface area contributed by atoms with E-state index in [1.807, 2.05) is 15.9 Å². The van der Waals surface area contributed by atoms with Crippen LogP contribution in [0.15, 0.2) is 48.5 Å². The molecule has 0 spiro atoms. The monoisotopic (exact) mass is 452 g/mol. The van der Waals surface area contributed by atoms with Crippen LogP contribution in [-0.2, 0) is 4.79 Å². The maximum Gasteiger partial charge on any atom is 0.236 e. The summed E-state index contributed by atoms with van der Waals surface area (Å²) in [5, 5.41) is 0. The lowest BCUT2D eigenvalue weighted by Gasteiger charge is -2.40. The highest BCUT2D eigenvalue weighted by molar-refractivity contribution is 5.94. The van der Waals surface area contributed by atoms with Gasteiger partial charge in [0.1, 0.15) is 5.82 Å². The Morgan fingerprint density at radius 1 is 0.909 bits per heavy atom. The molecular formula is C26H33FN4O2. The first-order chi connectivity index (χ1) is 15.9. The topological polar surface area (TPSA) is 47.1 Å². The van der Waals surface area contributed by atoms with E-state index in [4.69, 9.17) is 0 Å². The fraction of sp³-hybridized carbons (Fsp3) is 0.462. The highest BCUT2D eigenvalue weighted by Crippen LogP contribution is 2.23. The van der Waals surface area contributed by atoms with E-state index in [2.05, 4.69) is 41.0 Å². The Morgan fingerprint density at radius 3 is 2.18 bits per heavy atom. The lowest BCUT2D eigenvalue weighted by atomic mass is 10.1. The number of piperazine rings is 2. The first kappa shape index (κ1) is 23.4. The van der Waals surface area contributed by atoms with Crippen molar-refractivity contribution in [3.05, 3.63) is 65.5 Å². The lowest BCUT2D eigenvalue weighted by molar-refractivity contribution is -0.134. The number of anilines is 1. The minimum absolute atomic E-state index is 0.140. The molecule has 0 aromatic heterocycles. The van der Waals surface area contributed by atoms with Gasteiger partial charge in [-0.1, -0.05) is 30.3 Å². The molecule has 1 unspecified atom stereocenters. The first-order valence-electron chi connectivity index (χ1n) is 11.8. The molecule has 2 aliphatic rings. The second-order valence-electron chi connectivity index (χ2n) is 8.99. The van der Waals surface area contributed by atoms with Gasteiger partial charge in [0.15, 0.2) is 5.78 Å². The van der Waals surface area contributed by atoms with Gasteiger partial charge in [0, 0.05) is 64.0 Å². The molecule has 6 nitrogen and oxygen atoms in total. The van der Waals surface area contributed by atoms with Crippen molar-refractivity contribution in [2.45, 2.75) is 19.9 Å². The van der Waals surface area contributed by atoms with Crippen molar-refractivity contribution in [2.24, 2.45) is 0 Å². The van der Waals surface area contributed by atoms with Crippen LogP contribution < -0.4 is 4.90 Å². The highest BCUT2D eigenvalue weighted by atomic mass is 19.1. The van der Waals surface area contributed by atoms with Gasteiger partial charge in [0.2, 0.25) is 5.91 Å². The van der Waals surface area contributed by atoms with Crippen LogP contribution in [0.2, 0.25) is 0 Å². The zero-order valence-corrected chi connectivity index (χ0v) is 19.5. The molecule has 1 amide bonds. The summed E-state index contributed by atoms with van der Waals surface area (Å²) < 4.78 is 14.5. The van der Waals surface area contributed by atoms with E-state index in [1.54, 1.807) is 12.1 Å². The molecule has 7 heteroatoms. The molecule has 4 rings (SSSR count). The smallest absolute Gasteiger partial charge is 0.236 e. The fourth-order valence-electron chi connectivity index (χ4n) is 4.72. The molecular weight excluding hydrogens is 419 g/mol. The molecule has 1 atom stereocenters. The molecule has 2 aromatic rings. The molecule has 0 bridgehead atoms. The summed E-state index contributed by atoms with van der Waals surface area (Å²) in [4.78, 5) is 32.9. The summed E-state index contributed by atoms with van der Waals surface area (Å²) >= 11 is 0. The number of Topliss-reactive ketones (excluding diaryl/α,β-unsaturated/α-hetero) is 1. The summed E-state index contributed by atoms with van der Waals surface area (Å²) in [5.41, 5.74) is 2.22. The number of hydrogen-bond donors (Lipinski definition) is 0. The van der Waals surface area contributed by atoms with Crippen molar-refractivity contribution in [1.82, 2.24) is 14.7 Å². The van der Waals surface area contributed by atoms with E-state index in [0.717, 1.165) is 26.2 Å². The van der Waals surface area contributed by atoms with E-state index in [0.29, 0.717) is 50.0 Å². The van der Waals surface area contributed by atoms with Gasteiger partial charge in [-0.15, -0.1) is 0 Å². The van der Waals surface area contributed by atoms with Gasteiger partial charge in [0.05, 0.1) is 12.2 Å². The quantitative estimate of drug-likeness (QED) is 0.631. The standard InChI is InChI=1S/C26H33FN4O2/c1-20(22-6-4-3-5-7-22)29-14-16-31(17-15-29)26(33)19-28-10-12-30(13-11-28)25-9-8-23(21(2)32)18-24(25)27/h3-9,18,20H,10-17,19H2,1-2H3. The van der Waals surface area contributed by atoms with Crippen LogP contribution in [0.5, 0.6) is 0 Å². The zero-order valence-electron chi connectivity index (χ0n) is 19.5. The summed E-state index contributed by atoms with van der Waals surface area (Å²) in [7, 11) is 0. The van der Waals surface area contributed by atoms with Gasteiger partial charge in [-0.2, -0.15) is 0 Å². The van der Waals surface area contributed by atoms with Crippen LogP contribution in [0.4, 0.5) is 10.1 Å². The summed E-state index contributed by atoms with van der Waals surface area (Å²) in [6.07, 6.45) is 0. The Morgan fingerprint density at radius 2 is 1.58 bits per heavy atom. The number of rotatable bonds is 6. The minimum atomic E-state index is -0.366.